The zero-order valence-electron chi connectivity index (χ0n) is 17.9. The number of halogens is 1. The first kappa shape index (κ1) is 33.4. The number of azide groups is 1. The Labute approximate surface area is 221 Å². The average Bonchev–Trinajstić information content (AvgIpc) is 2.68. The minimum Gasteiger partial charge on any atom is -0.373 e. The van der Waals surface area contributed by atoms with Gasteiger partial charge in [0.15, 0.2) is 0 Å². The van der Waals surface area contributed by atoms with E-state index >= 15 is 0 Å². The summed E-state index contributed by atoms with van der Waals surface area (Å²) in [6.45, 7) is 2.71. The van der Waals surface area contributed by atoms with Gasteiger partial charge in [-0.2, -0.15) is 0 Å². The van der Waals surface area contributed by atoms with Gasteiger partial charge in [-0.1, -0.05) is 0 Å². The molecule has 2 aromatic carbocycles. The van der Waals surface area contributed by atoms with E-state index in [1.807, 2.05) is 0 Å². The molecule has 2 amide bonds. The molecule has 0 radical (unpaired) electrons. The molecule has 0 fully saturated rings. The molecular formula is C16H16ClN8NaO6S2. The molecule has 0 aliphatic heterocycles. The molecule has 0 aromatic heterocycles. The number of sulfonamides is 1. The quantitative estimate of drug-likeness (QED) is 0.185. The average molecular weight is 539 g/mol. The van der Waals surface area contributed by atoms with Crippen LogP contribution in [0.15, 0.2) is 62.8 Å². The molecule has 0 spiro atoms. The Hall–Kier alpha value is -2.81. The number of nitrogens with zero attached hydrogens (tertiary/aromatic N) is 6. The first-order valence-electron chi connectivity index (χ1n) is 8.26. The summed E-state index contributed by atoms with van der Waals surface area (Å²) in [5.41, 5.74) is 22.6. The minimum absolute atomic E-state index is 0. The van der Waals surface area contributed by atoms with E-state index in [0.29, 0.717) is 11.4 Å². The number of nitrogens with one attached hydrogen (secondary N) is 2. The first-order chi connectivity index (χ1) is 15.3. The van der Waals surface area contributed by atoms with Crippen LogP contribution in [0, 0.1) is 0 Å². The van der Waals surface area contributed by atoms with Crippen LogP contribution in [0.3, 0.4) is 0 Å². The van der Waals surface area contributed by atoms with Crippen LogP contribution in [0.5, 0.6) is 0 Å². The predicted octanol–water partition coefficient (Wildman–Crippen LogP) is 1.09. The fraction of sp³-hybridized carbons (Fsp3) is 0.125. The maximum Gasteiger partial charge on any atom is 1.00 e. The Morgan fingerprint density at radius 3 is 1.38 bits per heavy atom. The fourth-order valence-corrected chi connectivity index (χ4v) is 3.35. The molecule has 14 nitrogen and oxygen atoms in total. The van der Waals surface area contributed by atoms with Crippen LogP contribution in [0.1, 0.15) is 13.8 Å². The number of carbonyl (C=O) groups excluding carboxylic acids is 2. The van der Waals surface area contributed by atoms with Crippen molar-refractivity contribution in [2.45, 2.75) is 23.6 Å². The largest absolute Gasteiger partial charge is 1.00 e. The molecule has 0 atom stereocenters. The second-order valence-corrected chi connectivity index (χ2v) is 9.74. The van der Waals surface area contributed by atoms with Crippen molar-refractivity contribution in [3.63, 3.8) is 0 Å². The van der Waals surface area contributed by atoms with Crippen molar-refractivity contribution in [2.24, 2.45) is 4.52 Å². The zero-order chi connectivity index (χ0) is 25.7. The van der Waals surface area contributed by atoms with Gasteiger partial charge in [-0.3, -0.25) is 14.5 Å². The van der Waals surface area contributed by atoms with Crippen LogP contribution in [0.25, 0.3) is 26.4 Å². The third-order valence-electron chi connectivity index (χ3n) is 3.07. The van der Waals surface area contributed by atoms with Gasteiger partial charge in [0.25, 0.3) is 19.1 Å². The van der Waals surface area contributed by atoms with Crippen molar-refractivity contribution < 1.29 is 56.0 Å². The molecule has 2 aromatic rings. The molecule has 2 N–H and O–H groups in total. The van der Waals surface area contributed by atoms with Crippen molar-refractivity contribution in [1.29, 1.82) is 0 Å². The summed E-state index contributed by atoms with van der Waals surface area (Å²) in [6, 6.07) is 10.9. The van der Waals surface area contributed by atoms with Gasteiger partial charge in [0, 0.05) is 45.3 Å². The van der Waals surface area contributed by atoms with Crippen LogP contribution in [-0.4, -0.2) is 28.6 Å². The monoisotopic (exact) mass is 538 g/mol. The van der Waals surface area contributed by atoms with E-state index in [1.54, 1.807) is 0 Å². The Morgan fingerprint density at radius 2 is 1.12 bits per heavy atom. The number of rotatable bonds is 5. The fourth-order valence-electron chi connectivity index (χ4n) is 1.91. The van der Waals surface area contributed by atoms with Crippen LogP contribution >= 0.6 is 10.7 Å². The van der Waals surface area contributed by atoms with Gasteiger partial charge in [0.1, 0.15) is 0 Å². The normalized spacial score (nSPS) is 9.62. The van der Waals surface area contributed by atoms with Crippen molar-refractivity contribution in [1.82, 2.24) is 0 Å². The summed E-state index contributed by atoms with van der Waals surface area (Å²) in [5, 5.41) is 4.98. The standard InChI is InChI=1S/C8H8ClNO3S.C8H8N4O3S.N3.Na/c1-6(11)10-7-2-4-8(5-3-7)14(9,12)13;1-6(13)10-7-2-4-8(5-3-7)16(14,15)12-11-9;1-3-2;/h2-5H,1H3,(H,10,11);2-5H,1H3,(H,10,13);;/q;;-1;+1. The van der Waals surface area contributed by atoms with Gasteiger partial charge in [-0.15, -0.1) is 0 Å². The Bertz CT molecular complexity index is 1270. The summed E-state index contributed by atoms with van der Waals surface area (Å²) >= 11 is 0. The van der Waals surface area contributed by atoms with E-state index in [4.69, 9.17) is 27.3 Å². The molecule has 0 unspecified atom stereocenters. The number of amides is 2. The van der Waals surface area contributed by atoms with Crippen LogP contribution in [0.2, 0.25) is 0 Å². The van der Waals surface area contributed by atoms with Crippen molar-refractivity contribution in [2.75, 3.05) is 10.6 Å². The number of anilines is 2. The predicted molar refractivity (Wildman–Crippen MR) is 121 cm³/mol. The van der Waals surface area contributed by atoms with Gasteiger partial charge in [0.2, 0.25) is 11.8 Å². The summed E-state index contributed by atoms with van der Waals surface area (Å²) < 4.78 is 46.9. The van der Waals surface area contributed by atoms with E-state index < -0.39 is 19.1 Å². The van der Waals surface area contributed by atoms with Gasteiger partial charge in [0.05, 0.1) is 9.79 Å². The minimum atomic E-state index is -3.96. The summed E-state index contributed by atoms with van der Waals surface area (Å²) in [5.74, 6) is -0.475. The topological polar surface area (TPSA) is 234 Å². The second kappa shape index (κ2) is 15.9. The molecule has 34 heavy (non-hydrogen) atoms. The third-order valence-corrected chi connectivity index (χ3v) is 5.60. The smallest absolute Gasteiger partial charge is 0.373 e. The zero-order valence-corrected chi connectivity index (χ0v) is 22.3. The SMILES string of the molecule is CC(=O)Nc1ccc(S(=O)(=O)Cl)cc1.CC(=O)Nc1ccc(S(=O)(=O)N=[N+]=[N-])cc1.[N-]=[N+]=[N-].[Na+]. The van der Waals surface area contributed by atoms with Crippen molar-refractivity contribution in [3.05, 3.63) is 74.9 Å². The van der Waals surface area contributed by atoms with Crippen LogP contribution < -0.4 is 40.2 Å². The Kier molecular flexibility index (Phi) is 15.6. The van der Waals surface area contributed by atoms with Gasteiger partial charge >= 0.3 is 29.6 Å². The maximum absolute atomic E-state index is 11.3. The summed E-state index contributed by atoms with van der Waals surface area (Å²) in [7, 11) is -2.55. The molecule has 0 saturated heterocycles. The van der Waals surface area contributed by atoms with E-state index in [2.05, 4.69) is 20.1 Å². The van der Waals surface area contributed by atoms with Gasteiger partial charge in [-0.05, 0) is 54.1 Å². The van der Waals surface area contributed by atoms with Crippen molar-refractivity contribution >= 4 is 52.9 Å². The first-order valence-corrected chi connectivity index (χ1v) is 12.0. The molecule has 0 heterocycles. The molecule has 0 aliphatic carbocycles. The molecule has 18 heteroatoms. The Morgan fingerprint density at radius 1 is 0.794 bits per heavy atom. The number of benzene rings is 2. The third kappa shape index (κ3) is 13.7. The molecule has 0 saturated carbocycles. The molecule has 2 rings (SSSR count). The van der Waals surface area contributed by atoms with Crippen LogP contribution in [-0.2, 0) is 28.7 Å². The summed E-state index contributed by atoms with van der Waals surface area (Å²) in [6.07, 6.45) is 0. The number of carbonyl (C=O) groups is 2. The van der Waals surface area contributed by atoms with E-state index in [9.17, 15) is 26.4 Å². The molecule has 0 bridgehead atoms. The number of hydrogen-bond acceptors (Lipinski definition) is 6. The second-order valence-electron chi connectivity index (χ2n) is 5.58. The maximum atomic E-state index is 11.3. The number of hydrogen-bond donors (Lipinski definition) is 2. The molecular weight excluding hydrogens is 523 g/mol. The van der Waals surface area contributed by atoms with Gasteiger partial charge in [-0.25, -0.2) is 16.8 Å². The van der Waals surface area contributed by atoms with E-state index in [-0.39, 0.29) is 51.2 Å². The van der Waals surface area contributed by atoms with Crippen LogP contribution in [0.4, 0.5) is 11.4 Å². The van der Waals surface area contributed by atoms with Crippen molar-refractivity contribution in [3.8, 4) is 0 Å². The van der Waals surface area contributed by atoms with E-state index in [1.165, 1.54) is 67.3 Å². The Balaban J connectivity index is 0. The van der Waals surface area contributed by atoms with Gasteiger partial charge < -0.3 is 21.7 Å². The molecule has 0 aliphatic rings. The summed E-state index contributed by atoms with van der Waals surface area (Å²) in [4.78, 5) is 24.9. The van der Waals surface area contributed by atoms with E-state index in [0.717, 1.165) is 0 Å². The molecule has 176 valence electrons.